The molecule has 4 rings (SSSR count). The number of carbonyl (C=O) groups excluding carboxylic acids is 1. The van der Waals surface area contributed by atoms with Crippen LogP contribution in [-0.2, 0) is 30.8 Å². The van der Waals surface area contributed by atoms with E-state index in [4.69, 9.17) is 16.0 Å². The molecule has 0 saturated heterocycles. The number of hydrogen-bond acceptors (Lipinski definition) is 5. The summed E-state index contributed by atoms with van der Waals surface area (Å²) in [5, 5.41) is 9.98. The normalized spacial score (nSPS) is 12.4. The smallest absolute Gasteiger partial charge is 0.331 e. The number of halogens is 1. The minimum Gasteiger partial charge on any atom is -0.459 e. The van der Waals surface area contributed by atoms with Crippen LogP contribution in [0.25, 0.3) is 11.3 Å². The van der Waals surface area contributed by atoms with Crippen LogP contribution in [0.5, 0.6) is 0 Å². The first-order valence-electron chi connectivity index (χ1n) is 9.74. The van der Waals surface area contributed by atoms with Gasteiger partial charge in [0.05, 0.1) is 6.54 Å². The van der Waals surface area contributed by atoms with E-state index < -0.39 is 23.7 Å². The molecule has 1 aliphatic heterocycles. The summed E-state index contributed by atoms with van der Waals surface area (Å²) in [5.41, 5.74) is -0.0239. The lowest BCUT2D eigenvalue weighted by Crippen LogP contribution is -2.45. The molecule has 0 saturated carbocycles. The highest BCUT2D eigenvalue weighted by Crippen LogP contribution is 2.24. The zero-order valence-corrected chi connectivity index (χ0v) is 17.6. The Balaban J connectivity index is 1.52. The summed E-state index contributed by atoms with van der Waals surface area (Å²) in [7, 11) is 1.56. The molecular formula is C22H19ClN4O4. The Kier molecular flexibility index (Phi) is 5.53. The van der Waals surface area contributed by atoms with Crippen LogP contribution in [0, 0.1) is 11.3 Å². The highest BCUT2D eigenvalue weighted by atomic mass is 35.5. The summed E-state index contributed by atoms with van der Waals surface area (Å²) in [4.78, 5) is 39.4. The van der Waals surface area contributed by atoms with Gasteiger partial charge in [-0.2, -0.15) is 5.26 Å². The van der Waals surface area contributed by atoms with Crippen LogP contribution in [-0.4, -0.2) is 27.0 Å². The molecule has 0 aliphatic carbocycles. The minimum absolute atomic E-state index is 0.0637. The number of fused-ring (bicyclic) bond motifs is 1. The Morgan fingerprint density at radius 1 is 1.23 bits per heavy atom. The lowest BCUT2D eigenvalue weighted by molar-refractivity contribution is -0.131. The molecule has 0 fully saturated rings. The third-order valence-electron chi connectivity index (χ3n) is 5.34. The Morgan fingerprint density at radius 3 is 2.68 bits per heavy atom. The zero-order valence-electron chi connectivity index (χ0n) is 16.8. The predicted molar refractivity (Wildman–Crippen MR) is 114 cm³/mol. The van der Waals surface area contributed by atoms with Gasteiger partial charge in [0.1, 0.15) is 29.7 Å². The molecule has 31 heavy (non-hydrogen) atoms. The summed E-state index contributed by atoms with van der Waals surface area (Å²) in [6.07, 6.45) is 1.20. The average molecular weight is 439 g/mol. The fraction of sp³-hybridized carbons (Fsp3) is 0.273. The number of carbonyl (C=O) groups is 1. The Labute approximate surface area is 182 Å². The van der Waals surface area contributed by atoms with Crippen LogP contribution < -0.4 is 11.2 Å². The van der Waals surface area contributed by atoms with Gasteiger partial charge in [-0.1, -0.05) is 11.6 Å². The molecule has 158 valence electrons. The number of amides is 1. The molecule has 8 nitrogen and oxygen atoms in total. The summed E-state index contributed by atoms with van der Waals surface area (Å²) < 4.78 is 8.07. The van der Waals surface area contributed by atoms with Gasteiger partial charge in [-0.15, -0.1) is 0 Å². The lowest BCUT2D eigenvalue weighted by atomic mass is 10.2. The van der Waals surface area contributed by atoms with Gasteiger partial charge >= 0.3 is 5.69 Å². The number of likely N-dealkylation sites (N-methyl/N-ethyl adjacent to an activating group) is 1. The van der Waals surface area contributed by atoms with E-state index in [0.717, 1.165) is 10.1 Å². The highest BCUT2D eigenvalue weighted by Gasteiger charge is 2.24. The number of hydrogen-bond donors (Lipinski definition) is 0. The molecule has 3 aromatic rings. The quantitative estimate of drug-likeness (QED) is 0.608. The molecule has 0 spiro atoms. The third-order valence-corrected chi connectivity index (χ3v) is 5.60. The van der Waals surface area contributed by atoms with Gasteiger partial charge in [-0.05, 0) is 49.2 Å². The fourth-order valence-electron chi connectivity index (χ4n) is 3.70. The van der Waals surface area contributed by atoms with Crippen LogP contribution in [0.4, 0.5) is 0 Å². The predicted octanol–water partition coefficient (Wildman–Crippen LogP) is 2.40. The minimum atomic E-state index is -0.717. The van der Waals surface area contributed by atoms with Crippen molar-refractivity contribution in [2.24, 2.45) is 0 Å². The van der Waals surface area contributed by atoms with Crippen LogP contribution in [0.2, 0.25) is 5.02 Å². The van der Waals surface area contributed by atoms with Crippen molar-refractivity contribution in [2.75, 3.05) is 7.05 Å². The van der Waals surface area contributed by atoms with Gasteiger partial charge < -0.3 is 9.32 Å². The van der Waals surface area contributed by atoms with Gasteiger partial charge in [0.15, 0.2) is 0 Å². The van der Waals surface area contributed by atoms with Crippen LogP contribution in [0.3, 0.4) is 0 Å². The number of nitriles is 1. The van der Waals surface area contributed by atoms with E-state index in [1.54, 1.807) is 31.3 Å². The second kappa shape index (κ2) is 8.28. The van der Waals surface area contributed by atoms with E-state index in [1.807, 2.05) is 18.2 Å². The summed E-state index contributed by atoms with van der Waals surface area (Å²) in [5.74, 6) is 0.752. The maximum atomic E-state index is 12.7. The average Bonchev–Trinajstić information content (AvgIpc) is 3.42. The first kappa shape index (κ1) is 20.7. The molecule has 1 aromatic carbocycles. The number of nitrogens with zero attached hydrogens (tertiary/aromatic N) is 4. The van der Waals surface area contributed by atoms with Gasteiger partial charge in [-0.3, -0.25) is 14.2 Å². The molecule has 3 heterocycles. The van der Waals surface area contributed by atoms with Gasteiger partial charge in [0.25, 0.3) is 5.56 Å². The van der Waals surface area contributed by atoms with Crippen molar-refractivity contribution < 1.29 is 9.21 Å². The van der Waals surface area contributed by atoms with Crippen LogP contribution >= 0.6 is 11.6 Å². The lowest BCUT2D eigenvalue weighted by Gasteiger charge is -2.17. The van der Waals surface area contributed by atoms with Crippen LogP contribution in [0.1, 0.15) is 23.4 Å². The molecule has 1 aliphatic rings. The number of aromatic nitrogens is 2. The largest absolute Gasteiger partial charge is 0.459 e. The second-order valence-electron chi connectivity index (χ2n) is 7.39. The number of benzene rings is 1. The van der Waals surface area contributed by atoms with Crippen molar-refractivity contribution in [2.45, 2.75) is 32.5 Å². The van der Waals surface area contributed by atoms with Crippen molar-refractivity contribution in [1.29, 1.82) is 5.26 Å². The van der Waals surface area contributed by atoms with Crippen molar-refractivity contribution in [3.05, 3.63) is 79.3 Å². The molecule has 0 unspecified atom stereocenters. The summed E-state index contributed by atoms with van der Waals surface area (Å²) in [6, 6.07) is 12.6. The van der Waals surface area contributed by atoms with E-state index in [9.17, 15) is 19.6 Å². The monoisotopic (exact) mass is 438 g/mol. The Hall–Kier alpha value is -3.57. The topological polar surface area (TPSA) is 101 Å². The van der Waals surface area contributed by atoms with Gasteiger partial charge in [0, 0.05) is 29.9 Å². The molecule has 0 radical (unpaired) electrons. The fourth-order valence-corrected chi connectivity index (χ4v) is 3.82. The first-order chi connectivity index (χ1) is 14.9. The standard InChI is InChI=1S/C22H19ClN4O4/c1-25(12-16-8-9-19(31-16)14-4-6-15(23)7-5-14)20(28)13-27-21(29)17(11-24)18-3-2-10-26(18)22(27)30/h4-9H,2-3,10,12-13H2,1H3. The van der Waals surface area contributed by atoms with Gasteiger partial charge in [-0.25, -0.2) is 9.36 Å². The molecule has 1 amide bonds. The highest BCUT2D eigenvalue weighted by molar-refractivity contribution is 6.30. The van der Waals surface area contributed by atoms with Crippen LogP contribution in [0.15, 0.2) is 50.4 Å². The molecule has 0 N–H and O–H groups in total. The Morgan fingerprint density at radius 2 is 1.97 bits per heavy atom. The molecule has 0 bridgehead atoms. The van der Waals surface area contributed by atoms with Crippen molar-refractivity contribution in [3.63, 3.8) is 0 Å². The third kappa shape index (κ3) is 3.92. The molecule has 9 heteroatoms. The van der Waals surface area contributed by atoms with E-state index in [0.29, 0.717) is 41.6 Å². The first-order valence-corrected chi connectivity index (χ1v) is 10.1. The molecule has 2 aromatic heterocycles. The number of rotatable bonds is 5. The van der Waals surface area contributed by atoms with E-state index >= 15 is 0 Å². The molecule has 0 atom stereocenters. The molecular weight excluding hydrogens is 420 g/mol. The van der Waals surface area contributed by atoms with E-state index in [1.165, 1.54) is 9.47 Å². The second-order valence-corrected chi connectivity index (χ2v) is 7.82. The van der Waals surface area contributed by atoms with Crippen molar-refractivity contribution in [3.8, 4) is 17.4 Å². The van der Waals surface area contributed by atoms with Gasteiger partial charge in [0.2, 0.25) is 5.91 Å². The number of furan rings is 1. The summed E-state index contributed by atoms with van der Waals surface area (Å²) in [6.45, 7) is 0.166. The maximum Gasteiger partial charge on any atom is 0.331 e. The zero-order chi connectivity index (χ0) is 22.1. The Bertz CT molecular complexity index is 1310. The SMILES string of the molecule is CN(Cc1ccc(-c2ccc(Cl)cc2)o1)C(=O)Cn1c(=O)c(C#N)c2n(c1=O)CCC2. The van der Waals surface area contributed by atoms with Crippen molar-refractivity contribution >= 4 is 17.5 Å². The maximum absolute atomic E-state index is 12.7. The summed E-state index contributed by atoms with van der Waals surface area (Å²) >= 11 is 5.91. The van der Waals surface area contributed by atoms with E-state index in [-0.39, 0.29) is 12.1 Å². The van der Waals surface area contributed by atoms with E-state index in [2.05, 4.69) is 0 Å². The van der Waals surface area contributed by atoms with Crippen molar-refractivity contribution in [1.82, 2.24) is 14.0 Å².